The van der Waals surface area contributed by atoms with Crippen LogP contribution in [-0.2, 0) is 22.4 Å². The van der Waals surface area contributed by atoms with E-state index in [0.717, 1.165) is 17.5 Å². The van der Waals surface area contributed by atoms with Crippen molar-refractivity contribution in [2.75, 3.05) is 19.7 Å². The van der Waals surface area contributed by atoms with Crippen molar-refractivity contribution < 1.29 is 18.7 Å². The monoisotopic (exact) mass is 480 g/mol. The molecular formula is C27H29FN2O3S. The molecule has 1 aromatic heterocycles. The van der Waals surface area contributed by atoms with E-state index in [1.54, 1.807) is 39.3 Å². The minimum Gasteiger partial charge on any atom is -0.488 e. The molecule has 178 valence electrons. The Balaban J connectivity index is 1.50. The predicted octanol–water partition coefficient (Wildman–Crippen LogP) is 4.87. The number of benzene rings is 2. The van der Waals surface area contributed by atoms with Crippen LogP contribution in [-0.4, -0.2) is 47.4 Å². The van der Waals surface area contributed by atoms with Gasteiger partial charge in [0.1, 0.15) is 13.2 Å². The topological polar surface area (TPSA) is 49.9 Å². The van der Waals surface area contributed by atoms with Crippen molar-refractivity contribution in [3.8, 4) is 5.75 Å². The van der Waals surface area contributed by atoms with Crippen LogP contribution in [0.15, 0.2) is 66.0 Å². The molecule has 34 heavy (non-hydrogen) atoms. The van der Waals surface area contributed by atoms with Crippen molar-refractivity contribution in [3.05, 3.63) is 87.9 Å². The van der Waals surface area contributed by atoms with Crippen LogP contribution in [0.1, 0.15) is 35.9 Å². The zero-order valence-corrected chi connectivity index (χ0v) is 20.3. The summed E-state index contributed by atoms with van der Waals surface area (Å²) in [6, 6.07) is 17.4. The summed E-state index contributed by atoms with van der Waals surface area (Å²) in [6.07, 6.45) is 1.01. The summed E-state index contributed by atoms with van der Waals surface area (Å²) in [6.45, 7) is 4.52. The van der Waals surface area contributed by atoms with Gasteiger partial charge in [-0.3, -0.25) is 9.59 Å². The minimum atomic E-state index is -0.431. The Morgan fingerprint density at radius 2 is 1.85 bits per heavy atom. The first-order valence-corrected chi connectivity index (χ1v) is 12.4. The fourth-order valence-corrected chi connectivity index (χ4v) is 5.20. The Morgan fingerprint density at radius 3 is 2.59 bits per heavy atom. The molecule has 0 N–H and O–H groups in total. The van der Waals surface area contributed by atoms with E-state index in [1.807, 2.05) is 55.6 Å². The van der Waals surface area contributed by atoms with Crippen molar-refractivity contribution in [3.63, 3.8) is 0 Å². The Labute approximate surface area is 203 Å². The average Bonchev–Trinajstić information content (AvgIpc) is 3.31. The van der Waals surface area contributed by atoms with E-state index >= 15 is 0 Å². The number of carbonyl (C=O) groups excluding carboxylic acids is 2. The molecule has 0 saturated heterocycles. The molecular weight excluding hydrogens is 451 g/mol. The number of halogens is 1. The van der Waals surface area contributed by atoms with Crippen LogP contribution in [0.25, 0.3) is 0 Å². The molecule has 3 aromatic rings. The third-order valence-corrected chi connectivity index (χ3v) is 7.09. The zero-order valence-electron chi connectivity index (χ0n) is 19.4. The first-order chi connectivity index (χ1) is 16.4. The molecule has 2 aromatic carbocycles. The van der Waals surface area contributed by atoms with Crippen molar-refractivity contribution >= 4 is 23.2 Å². The first-order valence-electron chi connectivity index (χ1n) is 11.5. The molecule has 0 fully saturated rings. The van der Waals surface area contributed by atoms with Gasteiger partial charge >= 0.3 is 0 Å². The van der Waals surface area contributed by atoms with Crippen LogP contribution in [0, 0.1) is 5.82 Å². The van der Waals surface area contributed by atoms with Gasteiger partial charge in [-0.2, -0.15) is 0 Å². The van der Waals surface area contributed by atoms with Crippen molar-refractivity contribution in [1.82, 2.24) is 9.80 Å². The highest BCUT2D eigenvalue weighted by Gasteiger charge is 2.34. The van der Waals surface area contributed by atoms with Gasteiger partial charge in [0.05, 0.1) is 12.5 Å². The zero-order chi connectivity index (χ0) is 24.1. The van der Waals surface area contributed by atoms with Gasteiger partial charge in [-0.05, 0) is 55.0 Å². The Kier molecular flexibility index (Phi) is 7.63. The number of amides is 2. The average molecular weight is 481 g/mol. The molecule has 1 aliphatic heterocycles. The van der Waals surface area contributed by atoms with Gasteiger partial charge < -0.3 is 14.5 Å². The second kappa shape index (κ2) is 10.8. The summed E-state index contributed by atoms with van der Waals surface area (Å²) >= 11 is 1.66. The second-order valence-corrected chi connectivity index (χ2v) is 9.67. The van der Waals surface area contributed by atoms with E-state index in [0.29, 0.717) is 6.54 Å². The van der Waals surface area contributed by atoms with E-state index in [1.165, 1.54) is 10.9 Å². The van der Waals surface area contributed by atoms with Crippen molar-refractivity contribution in [1.29, 1.82) is 0 Å². The summed E-state index contributed by atoms with van der Waals surface area (Å²) in [7, 11) is 0. The van der Waals surface area contributed by atoms with Gasteiger partial charge in [0.15, 0.2) is 11.6 Å². The second-order valence-electron chi connectivity index (χ2n) is 8.67. The fraction of sp³-hybridized carbons (Fsp3) is 0.333. The highest BCUT2D eigenvalue weighted by Crippen LogP contribution is 2.34. The number of fused-ring (bicyclic) bond motifs is 1. The molecule has 0 bridgehead atoms. The van der Waals surface area contributed by atoms with Gasteiger partial charge in [0, 0.05) is 17.5 Å². The number of hydrogen-bond acceptors (Lipinski definition) is 4. The molecule has 1 unspecified atom stereocenters. The smallest absolute Gasteiger partial charge is 0.242 e. The molecule has 1 aliphatic rings. The van der Waals surface area contributed by atoms with Crippen LogP contribution >= 0.6 is 11.3 Å². The summed E-state index contributed by atoms with van der Waals surface area (Å²) in [5.41, 5.74) is 1.95. The van der Waals surface area contributed by atoms with E-state index in [2.05, 4.69) is 0 Å². The van der Waals surface area contributed by atoms with Crippen molar-refractivity contribution in [2.24, 2.45) is 0 Å². The van der Waals surface area contributed by atoms with Gasteiger partial charge in [-0.15, -0.1) is 11.3 Å². The first kappa shape index (κ1) is 24.0. The largest absolute Gasteiger partial charge is 0.488 e. The number of ether oxygens (including phenoxy) is 1. The quantitative estimate of drug-likeness (QED) is 0.462. The maximum Gasteiger partial charge on any atom is 0.242 e. The molecule has 1 atom stereocenters. The summed E-state index contributed by atoms with van der Waals surface area (Å²) in [5, 5.41) is 2.01. The standard InChI is InChI=1S/C27H29FN2O3S/c1-19(2)30(26(31)16-20-8-4-3-5-9-20)17-27(32)29-14-12-25-21(13-15-34-25)23(29)18-33-24-11-7-6-10-22(24)28/h3-11,13,15,19,23H,12,14,16-18H2,1-2H3. The number of carbonyl (C=O) groups is 2. The summed E-state index contributed by atoms with van der Waals surface area (Å²) in [5.74, 6) is -0.477. The lowest BCUT2D eigenvalue weighted by molar-refractivity contribution is -0.143. The van der Waals surface area contributed by atoms with Crippen LogP contribution in [0.5, 0.6) is 5.75 Å². The van der Waals surface area contributed by atoms with E-state index in [-0.39, 0.29) is 49.2 Å². The summed E-state index contributed by atoms with van der Waals surface area (Å²) in [4.78, 5) is 31.2. The Bertz CT molecular complexity index is 1130. The van der Waals surface area contributed by atoms with Gasteiger partial charge in [-0.1, -0.05) is 42.5 Å². The lowest BCUT2D eigenvalue weighted by Gasteiger charge is -2.37. The third-order valence-electron chi connectivity index (χ3n) is 6.10. The van der Waals surface area contributed by atoms with Crippen LogP contribution in [0.2, 0.25) is 0 Å². The fourth-order valence-electron chi connectivity index (χ4n) is 4.27. The predicted molar refractivity (Wildman–Crippen MR) is 131 cm³/mol. The van der Waals surface area contributed by atoms with Gasteiger partial charge in [0.25, 0.3) is 0 Å². The molecule has 4 rings (SSSR count). The molecule has 0 radical (unpaired) electrons. The summed E-state index contributed by atoms with van der Waals surface area (Å²) < 4.78 is 19.9. The number of para-hydroxylation sites is 1. The molecule has 0 aliphatic carbocycles. The third kappa shape index (κ3) is 5.47. The molecule has 7 heteroatoms. The number of nitrogens with zero attached hydrogens (tertiary/aromatic N) is 2. The molecule has 2 heterocycles. The maximum atomic E-state index is 14.1. The highest BCUT2D eigenvalue weighted by molar-refractivity contribution is 7.10. The SMILES string of the molecule is CC(C)N(CC(=O)N1CCc2sccc2C1COc1ccccc1F)C(=O)Cc1ccccc1. The Morgan fingerprint density at radius 1 is 1.12 bits per heavy atom. The van der Waals surface area contributed by atoms with Crippen molar-refractivity contribution in [2.45, 2.75) is 38.8 Å². The van der Waals surface area contributed by atoms with E-state index in [9.17, 15) is 14.0 Å². The molecule has 0 saturated carbocycles. The number of thiophene rings is 1. The van der Waals surface area contributed by atoms with Crippen LogP contribution in [0.3, 0.4) is 0 Å². The van der Waals surface area contributed by atoms with E-state index < -0.39 is 5.82 Å². The molecule has 5 nitrogen and oxygen atoms in total. The van der Waals surface area contributed by atoms with Gasteiger partial charge in [0.2, 0.25) is 11.8 Å². The maximum absolute atomic E-state index is 14.1. The number of hydrogen-bond donors (Lipinski definition) is 0. The Hall–Kier alpha value is -3.19. The van der Waals surface area contributed by atoms with E-state index in [4.69, 9.17) is 4.74 Å². The van der Waals surface area contributed by atoms with Crippen LogP contribution < -0.4 is 4.74 Å². The molecule has 0 spiro atoms. The molecule has 2 amide bonds. The lowest BCUT2D eigenvalue weighted by Crippen LogP contribution is -2.49. The minimum absolute atomic E-state index is 0.000990. The lowest BCUT2D eigenvalue weighted by atomic mass is 10.00. The van der Waals surface area contributed by atoms with Gasteiger partial charge in [-0.25, -0.2) is 4.39 Å². The van der Waals surface area contributed by atoms with Crippen LogP contribution in [0.4, 0.5) is 4.39 Å². The number of rotatable bonds is 8. The highest BCUT2D eigenvalue weighted by atomic mass is 32.1. The normalized spacial score (nSPS) is 15.2.